The van der Waals surface area contributed by atoms with Crippen LogP contribution in [0, 0.1) is 0 Å². The highest BCUT2D eigenvalue weighted by molar-refractivity contribution is 7.09. The van der Waals surface area contributed by atoms with E-state index in [1.165, 1.54) is 29.2 Å². The summed E-state index contributed by atoms with van der Waals surface area (Å²) in [6, 6.07) is 15.3. The summed E-state index contributed by atoms with van der Waals surface area (Å²) in [6.07, 6.45) is -3.41. The summed E-state index contributed by atoms with van der Waals surface area (Å²) >= 11 is 1.29. The lowest BCUT2D eigenvalue weighted by atomic mass is 10.1. The number of nitrogens with zero attached hydrogens (tertiary/aromatic N) is 3. The molecular formula is C19H19F3N4S. The van der Waals surface area contributed by atoms with Crippen LogP contribution in [0.5, 0.6) is 0 Å². The summed E-state index contributed by atoms with van der Waals surface area (Å²) in [7, 11) is 1.96. The Labute approximate surface area is 159 Å². The van der Waals surface area contributed by atoms with E-state index < -0.39 is 11.7 Å². The molecule has 3 rings (SSSR count). The number of hydrogen-bond acceptors (Lipinski definition) is 5. The molecule has 1 N–H and O–H groups in total. The van der Waals surface area contributed by atoms with E-state index in [2.05, 4.69) is 26.8 Å². The molecule has 0 atom stereocenters. The highest BCUT2D eigenvalue weighted by Gasteiger charge is 2.29. The highest BCUT2D eigenvalue weighted by atomic mass is 32.1. The maximum absolute atomic E-state index is 12.6. The van der Waals surface area contributed by atoms with Crippen LogP contribution in [0.2, 0.25) is 0 Å². The zero-order chi connectivity index (χ0) is 19.3. The van der Waals surface area contributed by atoms with Crippen molar-refractivity contribution in [3.63, 3.8) is 0 Å². The monoisotopic (exact) mass is 392 g/mol. The molecule has 0 spiro atoms. The van der Waals surface area contributed by atoms with Crippen LogP contribution in [-0.4, -0.2) is 22.9 Å². The van der Waals surface area contributed by atoms with E-state index in [4.69, 9.17) is 0 Å². The largest absolute Gasteiger partial charge is 0.416 e. The van der Waals surface area contributed by atoms with Crippen LogP contribution in [0.25, 0.3) is 0 Å². The van der Waals surface area contributed by atoms with E-state index in [9.17, 15) is 13.2 Å². The van der Waals surface area contributed by atoms with Gasteiger partial charge in [0.2, 0.25) is 11.1 Å². The lowest BCUT2D eigenvalue weighted by molar-refractivity contribution is -0.137. The maximum Gasteiger partial charge on any atom is 0.416 e. The van der Waals surface area contributed by atoms with Gasteiger partial charge in [-0.1, -0.05) is 42.5 Å². The van der Waals surface area contributed by atoms with Gasteiger partial charge in [0.15, 0.2) is 0 Å². The van der Waals surface area contributed by atoms with E-state index in [0.717, 1.165) is 35.8 Å². The van der Waals surface area contributed by atoms with Gasteiger partial charge in [-0.25, -0.2) is 0 Å². The Balaban J connectivity index is 1.51. The molecule has 0 unspecified atom stereocenters. The summed E-state index contributed by atoms with van der Waals surface area (Å²) in [4.78, 5) is 6.47. The first-order valence-electron chi connectivity index (χ1n) is 8.40. The zero-order valence-corrected chi connectivity index (χ0v) is 15.5. The smallest absolute Gasteiger partial charge is 0.350 e. The Kier molecular flexibility index (Phi) is 5.95. The third kappa shape index (κ3) is 5.43. The van der Waals surface area contributed by atoms with Crippen molar-refractivity contribution in [3.05, 3.63) is 71.3 Å². The average Bonchev–Trinajstić information content (AvgIpc) is 3.14. The predicted molar refractivity (Wildman–Crippen MR) is 102 cm³/mol. The fourth-order valence-electron chi connectivity index (χ4n) is 2.47. The molecule has 0 aliphatic rings. The minimum atomic E-state index is -4.32. The van der Waals surface area contributed by atoms with Crippen molar-refractivity contribution in [2.24, 2.45) is 0 Å². The van der Waals surface area contributed by atoms with Crippen molar-refractivity contribution in [3.8, 4) is 0 Å². The van der Waals surface area contributed by atoms with E-state index in [0.29, 0.717) is 12.5 Å². The first-order chi connectivity index (χ1) is 12.9. The second-order valence-corrected chi connectivity index (χ2v) is 6.84. The molecular weight excluding hydrogens is 373 g/mol. The van der Waals surface area contributed by atoms with E-state index in [1.807, 2.05) is 30.1 Å². The Morgan fingerprint density at radius 2 is 1.70 bits per heavy atom. The minimum absolute atomic E-state index is 0.363. The SMILES string of the molecule is CN(CCc1ccccc1)c1nc(NCc2ccc(C(F)(F)F)cc2)ns1. The standard InChI is InChI=1S/C19H19F3N4S/c1-26(12-11-14-5-3-2-4-6-14)18-24-17(25-27-18)23-13-15-7-9-16(10-8-15)19(20,21)22/h2-10H,11-13H2,1H3,(H,23,25). The van der Waals surface area contributed by atoms with Crippen LogP contribution in [0.3, 0.4) is 0 Å². The number of anilines is 2. The van der Waals surface area contributed by atoms with Gasteiger partial charge in [0.05, 0.1) is 5.56 Å². The molecule has 8 heteroatoms. The first kappa shape index (κ1) is 19.2. The lowest BCUT2D eigenvalue weighted by Gasteiger charge is -2.14. The van der Waals surface area contributed by atoms with Crippen molar-refractivity contribution in [2.45, 2.75) is 19.1 Å². The fourth-order valence-corrected chi connectivity index (χ4v) is 3.10. The summed E-state index contributed by atoms with van der Waals surface area (Å²) in [6.45, 7) is 1.18. The third-order valence-corrected chi connectivity index (χ3v) is 4.88. The second kappa shape index (κ2) is 8.39. The number of halogens is 3. The molecule has 27 heavy (non-hydrogen) atoms. The molecule has 2 aromatic carbocycles. The van der Waals surface area contributed by atoms with Gasteiger partial charge in [-0.15, -0.1) is 0 Å². The number of nitrogens with one attached hydrogen (secondary N) is 1. The molecule has 0 radical (unpaired) electrons. The molecule has 0 aliphatic heterocycles. The summed E-state index contributed by atoms with van der Waals surface area (Å²) in [5.41, 5.74) is 1.34. The van der Waals surface area contributed by atoms with Gasteiger partial charge in [0.1, 0.15) is 0 Å². The fraction of sp³-hybridized carbons (Fsp3) is 0.263. The molecule has 142 valence electrons. The van der Waals surface area contributed by atoms with E-state index >= 15 is 0 Å². The van der Waals surface area contributed by atoms with Crippen molar-refractivity contribution in [1.29, 1.82) is 0 Å². The van der Waals surface area contributed by atoms with Crippen LogP contribution in [0.15, 0.2) is 54.6 Å². The molecule has 4 nitrogen and oxygen atoms in total. The highest BCUT2D eigenvalue weighted by Crippen LogP contribution is 2.29. The molecule has 0 saturated carbocycles. The zero-order valence-electron chi connectivity index (χ0n) is 14.7. The maximum atomic E-state index is 12.6. The molecule has 0 amide bonds. The third-order valence-electron chi connectivity index (χ3n) is 4.05. The topological polar surface area (TPSA) is 41.1 Å². The first-order valence-corrected chi connectivity index (χ1v) is 9.18. The number of aromatic nitrogens is 2. The molecule has 0 saturated heterocycles. The van der Waals surface area contributed by atoms with E-state index in [1.54, 1.807) is 0 Å². The van der Waals surface area contributed by atoms with Gasteiger partial charge in [-0.05, 0) is 29.7 Å². The molecule has 0 bridgehead atoms. The molecule has 1 heterocycles. The summed E-state index contributed by atoms with van der Waals surface area (Å²) in [5.74, 6) is 0.474. The molecule has 1 aromatic heterocycles. The molecule has 3 aromatic rings. The van der Waals surface area contributed by atoms with E-state index in [-0.39, 0.29) is 0 Å². The van der Waals surface area contributed by atoms with Gasteiger partial charge in [-0.2, -0.15) is 22.5 Å². The number of rotatable bonds is 7. The van der Waals surface area contributed by atoms with Gasteiger partial charge in [-0.3, -0.25) is 0 Å². The van der Waals surface area contributed by atoms with Crippen LogP contribution >= 0.6 is 11.5 Å². The number of alkyl halides is 3. The van der Waals surface area contributed by atoms with Crippen LogP contribution in [0.4, 0.5) is 24.3 Å². The normalized spacial score (nSPS) is 11.4. The quantitative estimate of drug-likeness (QED) is 0.624. The Bertz CT molecular complexity index is 847. The van der Waals surface area contributed by atoms with Crippen LogP contribution in [-0.2, 0) is 19.1 Å². The van der Waals surface area contributed by atoms with Crippen LogP contribution < -0.4 is 10.2 Å². The predicted octanol–water partition coefficient (Wildman–Crippen LogP) is 4.85. The van der Waals surface area contributed by atoms with Crippen LogP contribution in [0.1, 0.15) is 16.7 Å². The molecule has 0 aliphatic carbocycles. The molecule has 0 fully saturated rings. The van der Waals surface area contributed by atoms with Gasteiger partial charge in [0.25, 0.3) is 0 Å². The number of likely N-dealkylation sites (N-methyl/N-ethyl adjacent to an activating group) is 1. The second-order valence-electron chi connectivity index (χ2n) is 6.11. The van der Waals surface area contributed by atoms with Crippen molar-refractivity contribution < 1.29 is 13.2 Å². The van der Waals surface area contributed by atoms with Crippen molar-refractivity contribution in [1.82, 2.24) is 9.36 Å². The van der Waals surface area contributed by atoms with Gasteiger partial charge < -0.3 is 10.2 Å². The summed E-state index contributed by atoms with van der Waals surface area (Å²) < 4.78 is 42.0. The Hall–Kier alpha value is -2.61. The number of benzene rings is 2. The number of hydrogen-bond donors (Lipinski definition) is 1. The Morgan fingerprint density at radius 1 is 1.00 bits per heavy atom. The Morgan fingerprint density at radius 3 is 2.37 bits per heavy atom. The van der Waals surface area contributed by atoms with Crippen molar-refractivity contribution >= 4 is 22.6 Å². The van der Waals surface area contributed by atoms with Gasteiger partial charge in [0, 0.05) is 31.7 Å². The minimum Gasteiger partial charge on any atom is -0.350 e. The van der Waals surface area contributed by atoms with Crippen molar-refractivity contribution in [2.75, 3.05) is 23.8 Å². The lowest BCUT2D eigenvalue weighted by Crippen LogP contribution is -2.20. The summed E-state index contributed by atoms with van der Waals surface area (Å²) in [5, 5.41) is 3.84. The average molecular weight is 392 g/mol. The van der Waals surface area contributed by atoms with Gasteiger partial charge >= 0.3 is 6.18 Å².